The maximum absolute atomic E-state index is 12.1. The first-order chi connectivity index (χ1) is 7.70. The van der Waals surface area contributed by atoms with Crippen LogP contribution >= 0.6 is 0 Å². The molecule has 1 amide bonds. The van der Waals surface area contributed by atoms with E-state index >= 15 is 0 Å². The van der Waals surface area contributed by atoms with Gasteiger partial charge in [-0.25, -0.2) is 0 Å². The molecule has 0 aromatic carbocycles. The molecule has 0 aromatic heterocycles. The topological polar surface area (TPSA) is 70.1 Å². The average Bonchev–Trinajstić information content (AvgIpc) is 2.34. The highest BCUT2D eigenvalue weighted by molar-refractivity contribution is 5.79. The van der Waals surface area contributed by atoms with Crippen LogP contribution in [0.2, 0.25) is 0 Å². The van der Waals surface area contributed by atoms with Crippen LogP contribution in [0.3, 0.4) is 0 Å². The first-order valence-electron chi connectivity index (χ1n) is 6.02. The molecule has 90 valence electrons. The Morgan fingerprint density at radius 2 is 2.19 bits per heavy atom. The normalized spacial score (nSPS) is 24.8. The van der Waals surface area contributed by atoms with Crippen molar-refractivity contribution in [3.63, 3.8) is 0 Å². The largest absolute Gasteiger partial charge is 0.344 e. The van der Waals surface area contributed by atoms with Gasteiger partial charge in [0, 0.05) is 19.5 Å². The molecule has 1 fully saturated rings. The second-order valence-electron chi connectivity index (χ2n) is 4.55. The Morgan fingerprint density at radius 3 is 2.81 bits per heavy atom. The van der Waals surface area contributed by atoms with E-state index in [4.69, 9.17) is 11.0 Å². The summed E-state index contributed by atoms with van der Waals surface area (Å²) in [6.07, 6.45) is 4.74. The lowest BCUT2D eigenvalue weighted by atomic mass is 9.78. The molecule has 16 heavy (non-hydrogen) atoms. The Morgan fingerprint density at radius 1 is 1.50 bits per heavy atom. The molecule has 0 bridgehead atoms. The zero-order chi connectivity index (χ0) is 12.0. The van der Waals surface area contributed by atoms with Gasteiger partial charge in [-0.05, 0) is 25.3 Å². The minimum Gasteiger partial charge on any atom is -0.344 e. The molecule has 0 radical (unpaired) electrons. The third-order valence-electron chi connectivity index (χ3n) is 3.46. The second kappa shape index (κ2) is 6.49. The quantitative estimate of drug-likeness (QED) is 0.776. The number of hydrogen-bond acceptors (Lipinski definition) is 3. The first kappa shape index (κ1) is 13.0. The number of amides is 1. The first-order valence-corrected chi connectivity index (χ1v) is 6.02. The Kier molecular flexibility index (Phi) is 5.27. The SMILES string of the molecule is CN(CCC#N)C(=O)C1CCCCC1CN. The van der Waals surface area contributed by atoms with E-state index in [1.807, 2.05) is 0 Å². The Labute approximate surface area is 97.4 Å². The van der Waals surface area contributed by atoms with Crippen LogP contribution in [0, 0.1) is 23.2 Å². The van der Waals surface area contributed by atoms with Crippen LogP contribution in [0.1, 0.15) is 32.1 Å². The molecule has 2 unspecified atom stereocenters. The number of rotatable bonds is 4. The van der Waals surface area contributed by atoms with Crippen molar-refractivity contribution in [3.05, 3.63) is 0 Å². The van der Waals surface area contributed by atoms with Crippen molar-refractivity contribution in [2.24, 2.45) is 17.6 Å². The maximum atomic E-state index is 12.1. The Bertz CT molecular complexity index is 272. The molecule has 1 rings (SSSR count). The highest BCUT2D eigenvalue weighted by Gasteiger charge is 2.31. The van der Waals surface area contributed by atoms with Crippen LogP contribution in [0.5, 0.6) is 0 Å². The predicted molar refractivity (Wildman–Crippen MR) is 62.4 cm³/mol. The number of nitrogens with zero attached hydrogens (tertiary/aromatic N) is 2. The number of carbonyl (C=O) groups is 1. The van der Waals surface area contributed by atoms with Gasteiger partial charge in [-0.15, -0.1) is 0 Å². The average molecular weight is 223 g/mol. The van der Waals surface area contributed by atoms with Gasteiger partial charge in [0.25, 0.3) is 0 Å². The van der Waals surface area contributed by atoms with Gasteiger partial charge in [0.15, 0.2) is 0 Å². The third-order valence-corrected chi connectivity index (χ3v) is 3.46. The van der Waals surface area contributed by atoms with Crippen LogP contribution in [-0.4, -0.2) is 30.9 Å². The fraction of sp³-hybridized carbons (Fsp3) is 0.833. The molecule has 0 aromatic rings. The zero-order valence-electron chi connectivity index (χ0n) is 9.98. The Hall–Kier alpha value is -1.08. The number of nitriles is 1. The van der Waals surface area contributed by atoms with Gasteiger partial charge in [-0.2, -0.15) is 5.26 Å². The maximum Gasteiger partial charge on any atom is 0.225 e. The van der Waals surface area contributed by atoms with Crippen molar-refractivity contribution in [1.29, 1.82) is 5.26 Å². The minimum atomic E-state index is 0.0856. The van der Waals surface area contributed by atoms with Gasteiger partial charge in [0.1, 0.15) is 0 Å². The van der Waals surface area contributed by atoms with Crippen LogP contribution in [0.25, 0.3) is 0 Å². The molecule has 0 spiro atoms. The smallest absolute Gasteiger partial charge is 0.225 e. The molecule has 4 heteroatoms. The highest BCUT2D eigenvalue weighted by Crippen LogP contribution is 2.30. The van der Waals surface area contributed by atoms with E-state index in [0.29, 0.717) is 25.4 Å². The summed E-state index contributed by atoms with van der Waals surface area (Å²) < 4.78 is 0. The fourth-order valence-electron chi connectivity index (χ4n) is 2.43. The summed E-state index contributed by atoms with van der Waals surface area (Å²) in [4.78, 5) is 13.8. The van der Waals surface area contributed by atoms with Gasteiger partial charge in [0.05, 0.1) is 12.5 Å². The van der Waals surface area contributed by atoms with Crippen LogP contribution < -0.4 is 5.73 Å². The molecular formula is C12H21N3O. The molecule has 2 atom stereocenters. The van der Waals surface area contributed by atoms with Gasteiger partial charge in [-0.1, -0.05) is 12.8 Å². The van der Waals surface area contributed by atoms with Gasteiger partial charge >= 0.3 is 0 Å². The minimum absolute atomic E-state index is 0.0856. The lowest BCUT2D eigenvalue weighted by Gasteiger charge is -2.32. The lowest BCUT2D eigenvalue weighted by Crippen LogP contribution is -2.40. The molecule has 0 aliphatic heterocycles. The lowest BCUT2D eigenvalue weighted by molar-refractivity contribution is -0.137. The van der Waals surface area contributed by atoms with Crippen molar-refractivity contribution in [1.82, 2.24) is 4.90 Å². The number of carbonyl (C=O) groups excluding carboxylic acids is 1. The summed E-state index contributed by atoms with van der Waals surface area (Å²) in [6.45, 7) is 1.13. The molecule has 0 heterocycles. The van der Waals surface area contributed by atoms with Gasteiger partial charge in [-0.3, -0.25) is 4.79 Å². The predicted octanol–water partition coefficient (Wildman–Crippen LogP) is 1.12. The van der Waals surface area contributed by atoms with Crippen LogP contribution in [0.4, 0.5) is 0 Å². The van der Waals surface area contributed by atoms with Crippen molar-refractivity contribution < 1.29 is 4.79 Å². The second-order valence-corrected chi connectivity index (χ2v) is 4.55. The standard InChI is InChI=1S/C12H21N3O/c1-15(8-4-7-13)12(16)11-6-3-2-5-10(11)9-14/h10-11H,2-6,8-9,14H2,1H3. The van der Waals surface area contributed by atoms with E-state index in [9.17, 15) is 4.79 Å². The van der Waals surface area contributed by atoms with E-state index in [-0.39, 0.29) is 11.8 Å². The Balaban J connectivity index is 2.53. The monoisotopic (exact) mass is 223 g/mol. The van der Waals surface area contributed by atoms with E-state index in [0.717, 1.165) is 19.3 Å². The summed E-state index contributed by atoms with van der Waals surface area (Å²) >= 11 is 0. The van der Waals surface area contributed by atoms with Gasteiger partial charge < -0.3 is 10.6 Å². The highest BCUT2D eigenvalue weighted by atomic mass is 16.2. The van der Waals surface area contributed by atoms with Crippen molar-refractivity contribution in [2.45, 2.75) is 32.1 Å². The molecule has 4 nitrogen and oxygen atoms in total. The van der Waals surface area contributed by atoms with Crippen molar-refractivity contribution in [3.8, 4) is 6.07 Å². The van der Waals surface area contributed by atoms with Crippen LogP contribution in [-0.2, 0) is 4.79 Å². The van der Waals surface area contributed by atoms with E-state index in [1.54, 1.807) is 11.9 Å². The summed E-state index contributed by atoms with van der Waals surface area (Å²) in [5.41, 5.74) is 5.71. The molecule has 1 saturated carbocycles. The summed E-state index contributed by atoms with van der Waals surface area (Å²) in [7, 11) is 1.78. The van der Waals surface area contributed by atoms with E-state index in [2.05, 4.69) is 6.07 Å². The molecule has 1 aliphatic rings. The van der Waals surface area contributed by atoms with Gasteiger partial charge in [0.2, 0.25) is 5.91 Å². The molecule has 1 aliphatic carbocycles. The number of hydrogen-bond donors (Lipinski definition) is 1. The third kappa shape index (κ3) is 3.21. The molecular weight excluding hydrogens is 202 g/mol. The summed E-state index contributed by atoms with van der Waals surface area (Å²) in [6, 6.07) is 2.06. The molecule has 0 saturated heterocycles. The molecule has 2 N–H and O–H groups in total. The fourth-order valence-corrected chi connectivity index (χ4v) is 2.43. The van der Waals surface area contributed by atoms with Crippen molar-refractivity contribution in [2.75, 3.05) is 20.1 Å². The van der Waals surface area contributed by atoms with Crippen molar-refractivity contribution >= 4 is 5.91 Å². The summed E-state index contributed by atoms with van der Waals surface area (Å²) in [5.74, 6) is 0.596. The van der Waals surface area contributed by atoms with E-state index in [1.165, 1.54) is 6.42 Å². The zero-order valence-corrected chi connectivity index (χ0v) is 9.98. The van der Waals surface area contributed by atoms with E-state index < -0.39 is 0 Å². The van der Waals surface area contributed by atoms with Crippen LogP contribution in [0.15, 0.2) is 0 Å². The number of nitrogens with two attached hydrogens (primary N) is 1. The summed E-state index contributed by atoms with van der Waals surface area (Å²) in [5, 5.41) is 8.50.